The van der Waals surface area contributed by atoms with Gasteiger partial charge in [0.1, 0.15) is 5.82 Å². The van der Waals surface area contributed by atoms with Gasteiger partial charge in [-0.2, -0.15) is 5.10 Å². The number of nitrogens with zero attached hydrogens (tertiary/aromatic N) is 2. The average molecular weight is 275 g/mol. The van der Waals surface area contributed by atoms with Gasteiger partial charge in [0.05, 0.1) is 11.7 Å². The van der Waals surface area contributed by atoms with Crippen molar-refractivity contribution in [3.05, 3.63) is 53.6 Å². The summed E-state index contributed by atoms with van der Waals surface area (Å²) in [4.78, 5) is 0. The van der Waals surface area contributed by atoms with Crippen LogP contribution in [0.2, 0.25) is 0 Å². The lowest BCUT2D eigenvalue weighted by atomic mass is 10.1. The van der Waals surface area contributed by atoms with Gasteiger partial charge in [-0.3, -0.25) is 4.68 Å². The predicted octanol–water partition coefficient (Wildman–Crippen LogP) is 3.11. The van der Waals surface area contributed by atoms with Gasteiger partial charge in [0.25, 0.3) is 0 Å². The highest BCUT2D eigenvalue weighted by Crippen LogP contribution is 2.13. The second-order valence-corrected chi connectivity index (χ2v) is 6.02. The molecular formula is C16H22FN3. The standard InChI is InChI=1S/C16H22FN3/c1-16(2,3)20-12-14(11-19-20)10-18-9-8-13-4-6-15(17)7-5-13/h4-7,11-12,18H,8-10H2,1-3H3. The molecule has 0 bridgehead atoms. The molecule has 1 aromatic heterocycles. The molecule has 0 amide bonds. The predicted molar refractivity (Wildman–Crippen MR) is 79.0 cm³/mol. The molecule has 0 fully saturated rings. The summed E-state index contributed by atoms with van der Waals surface area (Å²) < 4.78 is 14.7. The number of hydrogen-bond acceptors (Lipinski definition) is 2. The van der Waals surface area contributed by atoms with Gasteiger partial charge in [-0.05, 0) is 51.4 Å². The second-order valence-electron chi connectivity index (χ2n) is 6.02. The zero-order valence-electron chi connectivity index (χ0n) is 12.4. The van der Waals surface area contributed by atoms with Gasteiger partial charge in [-0.1, -0.05) is 12.1 Å². The van der Waals surface area contributed by atoms with E-state index in [0.29, 0.717) is 0 Å². The summed E-state index contributed by atoms with van der Waals surface area (Å²) in [6, 6.07) is 6.66. The molecule has 0 saturated carbocycles. The maximum absolute atomic E-state index is 12.8. The summed E-state index contributed by atoms with van der Waals surface area (Å²) in [6.07, 6.45) is 4.87. The van der Waals surface area contributed by atoms with Crippen molar-refractivity contribution in [2.45, 2.75) is 39.3 Å². The first kappa shape index (κ1) is 14.7. The van der Waals surface area contributed by atoms with Crippen molar-refractivity contribution < 1.29 is 4.39 Å². The van der Waals surface area contributed by atoms with Crippen molar-refractivity contribution in [3.8, 4) is 0 Å². The molecule has 0 aliphatic carbocycles. The van der Waals surface area contributed by atoms with E-state index >= 15 is 0 Å². The fraction of sp³-hybridized carbons (Fsp3) is 0.438. The Hall–Kier alpha value is -1.68. The molecule has 0 aliphatic rings. The maximum atomic E-state index is 12.8. The molecule has 108 valence electrons. The molecule has 0 radical (unpaired) electrons. The Labute approximate surface area is 119 Å². The molecule has 1 heterocycles. The van der Waals surface area contributed by atoms with Crippen molar-refractivity contribution in [3.63, 3.8) is 0 Å². The van der Waals surface area contributed by atoms with E-state index in [9.17, 15) is 4.39 Å². The van der Waals surface area contributed by atoms with Gasteiger partial charge in [0, 0.05) is 18.3 Å². The molecule has 0 atom stereocenters. The Kier molecular flexibility index (Phi) is 4.55. The highest BCUT2D eigenvalue weighted by Gasteiger charge is 2.13. The summed E-state index contributed by atoms with van der Waals surface area (Å²) in [6.45, 7) is 8.06. The van der Waals surface area contributed by atoms with Crippen LogP contribution in [0.3, 0.4) is 0 Å². The molecule has 1 N–H and O–H groups in total. The Morgan fingerprint density at radius 3 is 2.45 bits per heavy atom. The van der Waals surface area contributed by atoms with Crippen molar-refractivity contribution in [1.82, 2.24) is 15.1 Å². The van der Waals surface area contributed by atoms with Crippen LogP contribution in [-0.2, 0) is 18.5 Å². The van der Waals surface area contributed by atoms with E-state index in [4.69, 9.17) is 0 Å². The minimum absolute atomic E-state index is 0.0202. The summed E-state index contributed by atoms with van der Waals surface area (Å²) in [5.41, 5.74) is 2.34. The summed E-state index contributed by atoms with van der Waals surface area (Å²) >= 11 is 0. The molecule has 0 saturated heterocycles. The lowest BCUT2D eigenvalue weighted by molar-refractivity contribution is 0.355. The average Bonchev–Trinajstić information content (AvgIpc) is 2.85. The lowest BCUT2D eigenvalue weighted by Crippen LogP contribution is -2.22. The number of aromatic nitrogens is 2. The molecule has 0 unspecified atom stereocenters. The molecule has 0 aliphatic heterocycles. The van der Waals surface area contributed by atoms with Crippen molar-refractivity contribution in [2.75, 3.05) is 6.54 Å². The SMILES string of the molecule is CC(C)(C)n1cc(CNCCc2ccc(F)cc2)cn1. The first-order valence-corrected chi connectivity index (χ1v) is 6.94. The largest absolute Gasteiger partial charge is 0.312 e. The van der Waals surface area contributed by atoms with Crippen LogP contribution in [0.15, 0.2) is 36.7 Å². The monoisotopic (exact) mass is 275 g/mol. The van der Waals surface area contributed by atoms with Gasteiger partial charge in [0.2, 0.25) is 0 Å². The summed E-state index contributed by atoms with van der Waals surface area (Å²) in [7, 11) is 0. The highest BCUT2D eigenvalue weighted by molar-refractivity contribution is 5.16. The van der Waals surface area contributed by atoms with E-state index in [1.54, 1.807) is 0 Å². The fourth-order valence-corrected chi connectivity index (χ4v) is 1.93. The minimum atomic E-state index is -0.184. The molecule has 2 rings (SSSR count). The van der Waals surface area contributed by atoms with Gasteiger partial charge in [-0.25, -0.2) is 4.39 Å². The molecule has 2 aromatic rings. The van der Waals surface area contributed by atoms with Crippen LogP contribution in [0.25, 0.3) is 0 Å². The number of halogens is 1. The number of hydrogen-bond donors (Lipinski definition) is 1. The van der Waals surface area contributed by atoms with Gasteiger partial charge in [0.15, 0.2) is 0 Å². The quantitative estimate of drug-likeness (QED) is 0.850. The van der Waals surface area contributed by atoms with E-state index in [1.807, 2.05) is 23.0 Å². The molecule has 20 heavy (non-hydrogen) atoms. The Morgan fingerprint density at radius 1 is 1.15 bits per heavy atom. The van der Waals surface area contributed by atoms with Crippen molar-refractivity contribution in [2.24, 2.45) is 0 Å². The first-order chi connectivity index (χ1) is 9.45. The normalized spacial score (nSPS) is 11.8. The van der Waals surface area contributed by atoms with E-state index in [0.717, 1.165) is 25.1 Å². The Balaban J connectivity index is 1.76. The highest BCUT2D eigenvalue weighted by atomic mass is 19.1. The third-order valence-electron chi connectivity index (χ3n) is 3.16. The summed E-state index contributed by atoms with van der Waals surface area (Å²) in [5.74, 6) is -0.184. The van der Waals surface area contributed by atoms with E-state index in [1.165, 1.54) is 17.7 Å². The van der Waals surface area contributed by atoms with Crippen LogP contribution < -0.4 is 5.32 Å². The fourth-order valence-electron chi connectivity index (χ4n) is 1.93. The molecule has 1 aromatic carbocycles. The van der Waals surface area contributed by atoms with Crippen LogP contribution in [0.4, 0.5) is 4.39 Å². The van der Waals surface area contributed by atoms with Crippen LogP contribution >= 0.6 is 0 Å². The zero-order valence-corrected chi connectivity index (χ0v) is 12.4. The summed E-state index contributed by atoms with van der Waals surface area (Å²) in [5, 5.41) is 7.75. The van der Waals surface area contributed by atoms with E-state index in [-0.39, 0.29) is 11.4 Å². The van der Waals surface area contributed by atoms with E-state index in [2.05, 4.69) is 37.4 Å². The molecular weight excluding hydrogens is 253 g/mol. The van der Waals surface area contributed by atoms with E-state index < -0.39 is 0 Å². The molecule has 4 heteroatoms. The van der Waals surface area contributed by atoms with Crippen molar-refractivity contribution >= 4 is 0 Å². The van der Waals surface area contributed by atoms with Gasteiger partial charge >= 0.3 is 0 Å². The Bertz CT molecular complexity index is 538. The molecule has 3 nitrogen and oxygen atoms in total. The number of rotatable bonds is 5. The topological polar surface area (TPSA) is 29.9 Å². The third-order valence-corrected chi connectivity index (χ3v) is 3.16. The molecule has 0 spiro atoms. The minimum Gasteiger partial charge on any atom is -0.312 e. The first-order valence-electron chi connectivity index (χ1n) is 6.94. The van der Waals surface area contributed by atoms with Crippen LogP contribution in [0.1, 0.15) is 31.9 Å². The maximum Gasteiger partial charge on any atom is 0.123 e. The number of nitrogens with one attached hydrogen (secondary N) is 1. The number of benzene rings is 1. The lowest BCUT2D eigenvalue weighted by Gasteiger charge is -2.18. The van der Waals surface area contributed by atoms with Crippen molar-refractivity contribution in [1.29, 1.82) is 0 Å². The van der Waals surface area contributed by atoms with Crippen LogP contribution in [0.5, 0.6) is 0 Å². The second kappa shape index (κ2) is 6.18. The van der Waals surface area contributed by atoms with Gasteiger partial charge < -0.3 is 5.32 Å². The van der Waals surface area contributed by atoms with Gasteiger partial charge in [-0.15, -0.1) is 0 Å². The van der Waals surface area contributed by atoms with Crippen LogP contribution in [-0.4, -0.2) is 16.3 Å². The smallest absolute Gasteiger partial charge is 0.123 e. The third kappa shape index (κ3) is 4.17. The van der Waals surface area contributed by atoms with Crippen LogP contribution in [0, 0.1) is 5.82 Å². The Morgan fingerprint density at radius 2 is 1.85 bits per heavy atom. The zero-order chi connectivity index (χ0) is 14.6.